The summed E-state index contributed by atoms with van der Waals surface area (Å²) < 4.78 is 5.88. The Morgan fingerprint density at radius 3 is 2.72 bits per heavy atom. The molecule has 0 amide bonds. The second-order valence-corrected chi connectivity index (χ2v) is 10.4. The number of aliphatic hydroxyl groups excluding tert-OH is 1. The lowest BCUT2D eigenvalue weighted by Crippen LogP contribution is -2.01. The van der Waals surface area contributed by atoms with Gasteiger partial charge in [-0.1, -0.05) is 0 Å². The first-order valence-electron chi connectivity index (χ1n) is 12.0. The summed E-state index contributed by atoms with van der Waals surface area (Å²) in [6.07, 6.45) is 15.8. The fourth-order valence-electron chi connectivity index (χ4n) is 4.10. The first-order valence-corrected chi connectivity index (χ1v) is 12.9. The highest BCUT2D eigenvalue weighted by Crippen LogP contribution is 2.35. The summed E-state index contributed by atoms with van der Waals surface area (Å²) in [7, 11) is 0. The van der Waals surface area contributed by atoms with E-state index in [-0.39, 0.29) is 12.6 Å². The Morgan fingerprint density at radius 1 is 1.06 bits per heavy atom. The Kier molecular flexibility index (Phi) is 5.94. The predicted molar refractivity (Wildman–Crippen MR) is 141 cm³/mol. The molecule has 2 N–H and O–H groups in total. The summed E-state index contributed by atoms with van der Waals surface area (Å²) in [5.41, 5.74) is 4.01. The minimum absolute atomic E-state index is 0.0536. The zero-order valence-electron chi connectivity index (χ0n) is 20.1. The van der Waals surface area contributed by atoms with Crippen molar-refractivity contribution in [2.45, 2.75) is 44.5 Å². The third-order valence-corrected chi connectivity index (χ3v) is 7.25. The predicted octanol–water partition coefficient (Wildman–Crippen LogP) is 4.53. The van der Waals surface area contributed by atoms with E-state index >= 15 is 0 Å². The molecule has 1 aliphatic rings. The Hall–Kier alpha value is -3.70. The zero-order chi connectivity index (χ0) is 24.6. The Morgan fingerprint density at radius 2 is 1.92 bits per heavy atom. The standard InChI is InChI=1S/C25H27N9OS/c1-16(2)33-15-21(17-10-28-32(13-17)7-8-35)20-12-27-24(9-22(20)33)30-23-5-6-26-25(31-23)18-11-29-34(14-18)36-19-3-4-19/h5-6,9-16,19,35H,3-4,7-8H2,1-2H3,(H,26,27,30,31). The van der Waals surface area contributed by atoms with E-state index in [1.54, 1.807) is 29.0 Å². The van der Waals surface area contributed by atoms with Gasteiger partial charge < -0.3 is 15.0 Å². The van der Waals surface area contributed by atoms with Crippen LogP contribution in [0.1, 0.15) is 32.7 Å². The normalized spacial score (nSPS) is 13.7. The molecule has 184 valence electrons. The van der Waals surface area contributed by atoms with Crippen LogP contribution in [0.5, 0.6) is 0 Å². The third kappa shape index (κ3) is 4.59. The number of aromatic nitrogens is 8. The summed E-state index contributed by atoms with van der Waals surface area (Å²) in [4.78, 5) is 13.8. The fraction of sp³-hybridized carbons (Fsp3) is 0.320. The minimum atomic E-state index is 0.0536. The number of nitrogens with zero attached hydrogens (tertiary/aromatic N) is 8. The quantitative estimate of drug-likeness (QED) is 0.303. The highest BCUT2D eigenvalue weighted by atomic mass is 32.2. The first kappa shape index (κ1) is 22.7. The number of aliphatic hydroxyl groups is 1. The van der Waals surface area contributed by atoms with Crippen molar-refractivity contribution in [2.24, 2.45) is 0 Å². The van der Waals surface area contributed by atoms with Gasteiger partial charge >= 0.3 is 0 Å². The van der Waals surface area contributed by atoms with Gasteiger partial charge in [0.25, 0.3) is 0 Å². The zero-order valence-corrected chi connectivity index (χ0v) is 20.9. The van der Waals surface area contributed by atoms with E-state index in [2.05, 4.69) is 50.1 Å². The van der Waals surface area contributed by atoms with Crippen LogP contribution >= 0.6 is 11.9 Å². The number of nitrogens with one attached hydrogen (secondary N) is 1. The molecular weight excluding hydrogens is 474 g/mol. The lowest BCUT2D eigenvalue weighted by atomic mass is 10.1. The van der Waals surface area contributed by atoms with Crippen LogP contribution < -0.4 is 5.32 Å². The molecule has 10 nitrogen and oxygen atoms in total. The molecule has 1 saturated carbocycles. The van der Waals surface area contributed by atoms with Crippen LogP contribution in [0.3, 0.4) is 0 Å². The highest BCUT2D eigenvalue weighted by Gasteiger charge is 2.23. The van der Waals surface area contributed by atoms with Gasteiger partial charge in [-0.3, -0.25) is 4.68 Å². The minimum Gasteiger partial charge on any atom is -0.394 e. The van der Waals surface area contributed by atoms with Crippen molar-refractivity contribution < 1.29 is 5.11 Å². The van der Waals surface area contributed by atoms with E-state index in [0.717, 1.165) is 27.6 Å². The van der Waals surface area contributed by atoms with Gasteiger partial charge in [-0.05, 0) is 44.7 Å². The van der Waals surface area contributed by atoms with E-state index in [0.29, 0.717) is 29.3 Å². The van der Waals surface area contributed by atoms with Crippen LogP contribution in [-0.2, 0) is 6.54 Å². The van der Waals surface area contributed by atoms with Gasteiger partial charge in [-0.15, -0.1) is 0 Å². The number of fused-ring (bicyclic) bond motifs is 1. The molecule has 11 heteroatoms. The Labute approximate surface area is 212 Å². The van der Waals surface area contributed by atoms with Crippen molar-refractivity contribution in [3.63, 3.8) is 0 Å². The van der Waals surface area contributed by atoms with Gasteiger partial charge in [-0.2, -0.15) is 10.2 Å². The summed E-state index contributed by atoms with van der Waals surface area (Å²) >= 11 is 1.75. The van der Waals surface area contributed by atoms with Crippen LogP contribution in [0.2, 0.25) is 0 Å². The largest absolute Gasteiger partial charge is 0.394 e. The molecule has 6 rings (SSSR count). The molecule has 1 fully saturated rings. The molecule has 1 aliphatic carbocycles. The molecule has 36 heavy (non-hydrogen) atoms. The SMILES string of the molecule is CC(C)n1cc(-c2cnn(CCO)c2)c2cnc(Nc3ccnc(-c4cnn(SC5CC5)c4)n3)cc21. The maximum absolute atomic E-state index is 9.22. The number of anilines is 2. The summed E-state index contributed by atoms with van der Waals surface area (Å²) in [5, 5.41) is 23.1. The van der Waals surface area contributed by atoms with E-state index in [1.165, 1.54) is 12.8 Å². The first-order chi connectivity index (χ1) is 17.6. The van der Waals surface area contributed by atoms with E-state index in [4.69, 9.17) is 4.98 Å². The van der Waals surface area contributed by atoms with Gasteiger partial charge in [0.15, 0.2) is 5.82 Å². The van der Waals surface area contributed by atoms with Gasteiger partial charge in [0.05, 0.1) is 36.6 Å². The summed E-state index contributed by atoms with van der Waals surface area (Å²) in [6.45, 7) is 4.84. The van der Waals surface area contributed by atoms with Crippen molar-refractivity contribution in [3.8, 4) is 22.5 Å². The van der Waals surface area contributed by atoms with E-state index < -0.39 is 0 Å². The Balaban J connectivity index is 1.29. The van der Waals surface area contributed by atoms with Crippen LogP contribution in [0.4, 0.5) is 11.6 Å². The number of pyridine rings is 1. The summed E-state index contributed by atoms with van der Waals surface area (Å²) in [5.74, 6) is 1.99. The van der Waals surface area contributed by atoms with Crippen molar-refractivity contribution >= 4 is 34.5 Å². The van der Waals surface area contributed by atoms with Gasteiger partial charge in [0.1, 0.15) is 11.6 Å². The molecule has 5 aromatic heterocycles. The lowest BCUT2D eigenvalue weighted by Gasteiger charge is -2.10. The maximum Gasteiger partial charge on any atom is 0.164 e. The van der Waals surface area contributed by atoms with Crippen molar-refractivity contribution in [3.05, 3.63) is 55.5 Å². The smallest absolute Gasteiger partial charge is 0.164 e. The van der Waals surface area contributed by atoms with Crippen LogP contribution in [0.15, 0.2) is 55.5 Å². The van der Waals surface area contributed by atoms with Crippen LogP contribution in [0, 0.1) is 0 Å². The van der Waals surface area contributed by atoms with Crippen LogP contribution in [-0.4, -0.2) is 55.4 Å². The average molecular weight is 502 g/mol. The van der Waals surface area contributed by atoms with Crippen molar-refractivity contribution in [2.75, 3.05) is 11.9 Å². The molecule has 0 aliphatic heterocycles. The molecule has 0 atom stereocenters. The second kappa shape index (κ2) is 9.40. The van der Waals surface area contributed by atoms with E-state index in [9.17, 15) is 5.11 Å². The molecule has 0 aromatic carbocycles. The molecule has 0 bridgehead atoms. The van der Waals surface area contributed by atoms with Gasteiger partial charge in [0, 0.05) is 64.9 Å². The number of hydrogen-bond acceptors (Lipinski definition) is 8. The second-order valence-electron chi connectivity index (χ2n) is 9.17. The molecule has 0 spiro atoms. The van der Waals surface area contributed by atoms with Crippen molar-refractivity contribution in [1.82, 2.24) is 38.5 Å². The number of hydrogen-bond donors (Lipinski definition) is 2. The average Bonchev–Trinajstić information content (AvgIpc) is 3.22. The molecule has 0 radical (unpaired) electrons. The topological polar surface area (TPSA) is 112 Å². The van der Waals surface area contributed by atoms with Gasteiger partial charge in [0.2, 0.25) is 0 Å². The summed E-state index contributed by atoms with van der Waals surface area (Å²) in [6, 6.07) is 4.14. The highest BCUT2D eigenvalue weighted by molar-refractivity contribution is 7.98. The number of rotatable bonds is 9. The molecule has 0 saturated heterocycles. The van der Waals surface area contributed by atoms with E-state index in [1.807, 2.05) is 41.0 Å². The van der Waals surface area contributed by atoms with Gasteiger partial charge in [-0.25, -0.2) is 19.0 Å². The van der Waals surface area contributed by atoms with Crippen LogP contribution in [0.25, 0.3) is 33.4 Å². The molecular formula is C25H27N9OS. The molecule has 5 aromatic rings. The monoisotopic (exact) mass is 501 g/mol. The fourth-order valence-corrected chi connectivity index (χ4v) is 5.03. The Bertz CT molecular complexity index is 1520. The molecule has 5 heterocycles. The maximum atomic E-state index is 9.22. The third-order valence-electron chi connectivity index (χ3n) is 6.06. The lowest BCUT2D eigenvalue weighted by molar-refractivity contribution is 0.269. The van der Waals surface area contributed by atoms with Crippen molar-refractivity contribution in [1.29, 1.82) is 0 Å². The molecule has 0 unspecified atom stereocenters.